The molecule has 6 aromatic rings. The van der Waals surface area contributed by atoms with Crippen molar-refractivity contribution in [3.8, 4) is 33.9 Å². The topological polar surface area (TPSA) is 95.2 Å². The second-order valence-corrected chi connectivity index (χ2v) is 8.74. The van der Waals surface area contributed by atoms with Crippen molar-refractivity contribution in [1.82, 2.24) is 30.1 Å². The van der Waals surface area contributed by atoms with Crippen molar-refractivity contribution in [2.75, 3.05) is 5.32 Å². The maximum absolute atomic E-state index is 13.9. The van der Waals surface area contributed by atoms with Crippen molar-refractivity contribution in [2.45, 2.75) is 19.9 Å². The molecule has 3 N–H and O–H groups in total. The molecule has 0 atom stereocenters. The van der Waals surface area contributed by atoms with Crippen molar-refractivity contribution < 1.29 is 4.39 Å². The minimum Gasteiger partial charge on any atom is -0.382 e. The largest absolute Gasteiger partial charge is 0.382 e. The van der Waals surface area contributed by atoms with Crippen LogP contribution < -0.4 is 5.32 Å². The predicted octanol–water partition coefficient (Wildman–Crippen LogP) is 6.19. The summed E-state index contributed by atoms with van der Waals surface area (Å²) in [6, 6.07) is 16.6. The monoisotopic (exact) mass is 463 g/mol. The molecule has 0 unspecified atom stereocenters. The van der Waals surface area contributed by atoms with Gasteiger partial charge in [0.05, 0.1) is 28.3 Å². The van der Waals surface area contributed by atoms with Crippen LogP contribution in [0.4, 0.5) is 10.1 Å². The number of halogens is 1. The zero-order chi connectivity index (χ0) is 23.9. The van der Waals surface area contributed by atoms with Gasteiger partial charge in [0.1, 0.15) is 17.0 Å². The highest BCUT2D eigenvalue weighted by molar-refractivity contribution is 5.99. The zero-order valence-electron chi connectivity index (χ0n) is 19.2. The average Bonchev–Trinajstić information content (AvgIpc) is 3.47. The van der Waals surface area contributed by atoms with Crippen LogP contribution in [0.3, 0.4) is 0 Å². The molecule has 7 nitrogen and oxygen atoms in total. The minimum atomic E-state index is -0.297. The summed E-state index contributed by atoms with van der Waals surface area (Å²) in [6.45, 7) is 4.18. The number of aromatic nitrogens is 6. The third-order valence-corrected chi connectivity index (χ3v) is 5.80. The van der Waals surface area contributed by atoms with Gasteiger partial charge >= 0.3 is 0 Å². The molecule has 0 aliphatic carbocycles. The van der Waals surface area contributed by atoms with Gasteiger partial charge in [0.15, 0.2) is 0 Å². The van der Waals surface area contributed by atoms with E-state index in [1.54, 1.807) is 24.7 Å². The van der Waals surface area contributed by atoms with Crippen LogP contribution in [0.5, 0.6) is 0 Å². The number of benzene rings is 1. The number of nitrogens with zero attached hydrogens (tertiary/aromatic N) is 4. The van der Waals surface area contributed by atoms with E-state index in [1.807, 2.05) is 36.4 Å². The fourth-order valence-electron chi connectivity index (χ4n) is 4.29. The maximum atomic E-state index is 13.9. The van der Waals surface area contributed by atoms with E-state index in [9.17, 15) is 4.39 Å². The summed E-state index contributed by atoms with van der Waals surface area (Å²) >= 11 is 0. The first kappa shape index (κ1) is 21.0. The molecule has 0 radical (unpaired) electrons. The molecule has 0 aliphatic rings. The zero-order valence-corrected chi connectivity index (χ0v) is 19.2. The van der Waals surface area contributed by atoms with Crippen LogP contribution in [0.15, 0.2) is 73.2 Å². The molecular formula is C27H22FN7. The van der Waals surface area contributed by atoms with E-state index < -0.39 is 0 Å². The van der Waals surface area contributed by atoms with Crippen LogP contribution >= 0.6 is 0 Å². The van der Waals surface area contributed by atoms with Crippen LogP contribution in [0, 0.1) is 5.82 Å². The normalized spacial score (nSPS) is 11.5. The highest BCUT2D eigenvalue weighted by Gasteiger charge is 2.16. The van der Waals surface area contributed by atoms with Gasteiger partial charge in [0, 0.05) is 46.7 Å². The number of hydrogen-bond donors (Lipinski definition) is 3. The maximum Gasteiger partial charge on any atom is 0.135 e. The quantitative estimate of drug-likeness (QED) is 0.283. The van der Waals surface area contributed by atoms with Crippen LogP contribution in [0.2, 0.25) is 0 Å². The molecule has 6 rings (SSSR count). The number of rotatable bonds is 5. The molecule has 0 bridgehead atoms. The van der Waals surface area contributed by atoms with Gasteiger partial charge in [-0.25, -0.2) is 9.37 Å². The standard InChI is InChI=1S/C27H22FN7/c1-15(2)31-19-11-17(13-29-14-19)21-6-7-23-26(33-21)27(35-34-23)24-12-20-22(32-24)8-9-30-25(20)16-4-3-5-18(28)10-16/h3-15,31-32H,1-2H3,(H,34,35). The van der Waals surface area contributed by atoms with E-state index in [4.69, 9.17) is 4.98 Å². The molecule has 0 saturated carbocycles. The van der Waals surface area contributed by atoms with Crippen LogP contribution in [0.25, 0.3) is 55.8 Å². The lowest BCUT2D eigenvalue weighted by Crippen LogP contribution is -2.09. The summed E-state index contributed by atoms with van der Waals surface area (Å²) < 4.78 is 13.9. The van der Waals surface area contributed by atoms with Gasteiger partial charge in [-0.05, 0) is 56.3 Å². The van der Waals surface area contributed by atoms with E-state index >= 15 is 0 Å². The second-order valence-electron chi connectivity index (χ2n) is 8.74. The Labute approximate surface area is 200 Å². The molecule has 0 aliphatic heterocycles. The van der Waals surface area contributed by atoms with Gasteiger partial charge in [-0.1, -0.05) is 12.1 Å². The first-order valence-electron chi connectivity index (χ1n) is 11.4. The molecule has 0 fully saturated rings. The Kier molecular flexibility index (Phi) is 4.99. The summed E-state index contributed by atoms with van der Waals surface area (Å²) in [6.07, 6.45) is 5.33. The lowest BCUT2D eigenvalue weighted by atomic mass is 10.1. The highest BCUT2D eigenvalue weighted by atomic mass is 19.1. The number of anilines is 1. The van der Waals surface area contributed by atoms with Gasteiger partial charge < -0.3 is 10.3 Å². The smallest absolute Gasteiger partial charge is 0.135 e. The van der Waals surface area contributed by atoms with Crippen molar-refractivity contribution in [3.05, 3.63) is 79.0 Å². The third kappa shape index (κ3) is 3.89. The Balaban J connectivity index is 1.45. The third-order valence-electron chi connectivity index (χ3n) is 5.80. The Morgan fingerprint density at radius 2 is 1.83 bits per heavy atom. The van der Waals surface area contributed by atoms with E-state index in [0.717, 1.165) is 50.1 Å². The predicted molar refractivity (Wildman–Crippen MR) is 136 cm³/mol. The molecule has 5 heterocycles. The number of hydrogen-bond acceptors (Lipinski definition) is 5. The van der Waals surface area contributed by atoms with Gasteiger partial charge in [0.2, 0.25) is 0 Å². The van der Waals surface area contributed by atoms with Gasteiger partial charge in [-0.15, -0.1) is 0 Å². The van der Waals surface area contributed by atoms with Crippen LogP contribution in [-0.2, 0) is 0 Å². The molecule has 5 aromatic heterocycles. The van der Waals surface area contributed by atoms with Crippen molar-refractivity contribution in [2.24, 2.45) is 0 Å². The molecule has 35 heavy (non-hydrogen) atoms. The van der Waals surface area contributed by atoms with Crippen LogP contribution in [-0.4, -0.2) is 36.2 Å². The minimum absolute atomic E-state index is 0.297. The van der Waals surface area contributed by atoms with Crippen molar-refractivity contribution in [3.63, 3.8) is 0 Å². The molecule has 0 saturated heterocycles. The van der Waals surface area contributed by atoms with E-state index in [1.165, 1.54) is 12.1 Å². The Hall–Kier alpha value is -4.59. The number of aromatic amines is 2. The van der Waals surface area contributed by atoms with Gasteiger partial charge in [0.25, 0.3) is 0 Å². The molecule has 0 amide bonds. The Morgan fingerprint density at radius 1 is 0.914 bits per heavy atom. The number of nitrogens with one attached hydrogen (secondary N) is 3. The summed E-state index contributed by atoms with van der Waals surface area (Å²) in [4.78, 5) is 17.2. The average molecular weight is 464 g/mol. The van der Waals surface area contributed by atoms with Crippen molar-refractivity contribution in [1.29, 1.82) is 0 Å². The fourth-order valence-corrected chi connectivity index (χ4v) is 4.29. The first-order valence-corrected chi connectivity index (χ1v) is 11.4. The van der Waals surface area contributed by atoms with Crippen molar-refractivity contribution >= 4 is 27.6 Å². The first-order chi connectivity index (χ1) is 17.0. The Bertz CT molecular complexity index is 1680. The molecule has 172 valence electrons. The molecule has 8 heteroatoms. The van der Waals surface area contributed by atoms with E-state index in [-0.39, 0.29) is 5.82 Å². The molecule has 0 spiro atoms. The highest BCUT2D eigenvalue weighted by Crippen LogP contribution is 2.33. The Morgan fingerprint density at radius 3 is 2.69 bits per heavy atom. The molecular weight excluding hydrogens is 441 g/mol. The fraction of sp³-hybridized carbons (Fsp3) is 0.111. The van der Waals surface area contributed by atoms with Gasteiger partial charge in [-0.2, -0.15) is 5.10 Å². The van der Waals surface area contributed by atoms with Gasteiger partial charge in [-0.3, -0.25) is 15.1 Å². The SMILES string of the molecule is CC(C)Nc1cncc(-c2ccc3[nH]nc(-c4cc5c(-c6cccc(F)c6)nccc5[nH]4)c3n2)c1. The lowest BCUT2D eigenvalue weighted by molar-refractivity contribution is 0.628. The summed E-state index contributed by atoms with van der Waals surface area (Å²) in [7, 11) is 0. The van der Waals surface area contributed by atoms with Crippen LogP contribution in [0.1, 0.15) is 13.8 Å². The van der Waals surface area contributed by atoms with E-state index in [0.29, 0.717) is 17.4 Å². The summed E-state index contributed by atoms with van der Waals surface area (Å²) in [5, 5.41) is 11.9. The summed E-state index contributed by atoms with van der Waals surface area (Å²) in [5.74, 6) is -0.297. The lowest BCUT2D eigenvalue weighted by Gasteiger charge is -2.10. The number of pyridine rings is 3. The number of fused-ring (bicyclic) bond motifs is 2. The van der Waals surface area contributed by atoms with E-state index in [2.05, 4.69) is 44.3 Å². The molecule has 1 aromatic carbocycles. The summed E-state index contributed by atoms with van der Waals surface area (Å²) in [5.41, 5.74) is 8.05. The number of H-pyrrole nitrogens is 2. The second kappa shape index (κ2) is 8.32.